The van der Waals surface area contributed by atoms with Gasteiger partial charge in [0, 0.05) is 13.1 Å². The van der Waals surface area contributed by atoms with Gasteiger partial charge >= 0.3 is 0 Å². The number of hydrogen-bond donors (Lipinski definition) is 4. The van der Waals surface area contributed by atoms with Gasteiger partial charge in [0.15, 0.2) is 0 Å². The summed E-state index contributed by atoms with van der Waals surface area (Å²) in [5.74, 6) is 0. The highest BCUT2D eigenvalue weighted by Crippen LogP contribution is 2.33. The monoisotopic (exact) mass is 256 g/mol. The van der Waals surface area contributed by atoms with Crippen molar-refractivity contribution >= 4 is 56.2 Å². The molecule has 1 aliphatic rings. The summed E-state index contributed by atoms with van der Waals surface area (Å²) in [7, 11) is 0. The Bertz CT molecular complexity index is 213. The van der Waals surface area contributed by atoms with Gasteiger partial charge in [-0.25, -0.2) is 0 Å². The van der Waals surface area contributed by atoms with Crippen molar-refractivity contribution in [3.8, 4) is 0 Å². The van der Waals surface area contributed by atoms with Crippen LogP contribution >= 0.6 is 51.1 Å². The van der Waals surface area contributed by atoms with Gasteiger partial charge in [0.2, 0.25) is 5.12 Å². The van der Waals surface area contributed by atoms with Gasteiger partial charge in [0.25, 0.3) is 0 Å². The zero-order valence-corrected chi connectivity index (χ0v) is 10.5. The van der Waals surface area contributed by atoms with Crippen LogP contribution in [-0.4, -0.2) is 31.8 Å². The Morgan fingerprint density at radius 2 is 2.08 bits per heavy atom. The molecule has 0 amide bonds. The molecule has 0 saturated carbocycles. The topological polar surface area (TPSA) is 23.6 Å². The summed E-state index contributed by atoms with van der Waals surface area (Å²) >= 11 is 16.2. The summed E-state index contributed by atoms with van der Waals surface area (Å²) in [5.41, 5.74) is -0.713. The molecule has 1 saturated heterocycles. The first-order chi connectivity index (χ1) is 5.99. The number of hydrogen-bond acceptors (Lipinski definition) is 6. The van der Waals surface area contributed by atoms with Gasteiger partial charge < -0.3 is 0 Å². The van der Waals surface area contributed by atoms with E-state index < -0.39 is 5.54 Å². The summed E-state index contributed by atoms with van der Waals surface area (Å²) in [4.78, 5) is 11.4. The van der Waals surface area contributed by atoms with Crippen LogP contribution in [0.15, 0.2) is 0 Å². The van der Waals surface area contributed by atoms with Crippen molar-refractivity contribution in [1.29, 1.82) is 0 Å². The average Bonchev–Trinajstić information content (AvgIpc) is 2.03. The van der Waals surface area contributed by atoms with Crippen molar-refractivity contribution in [3.05, 3.63) is 0 Å². The maximum atomic E-state index is 11.4. The zero-order chi connectivity index (χ0) is 10.1. The molecule has 0 aromatic rings. The van der Waals surface area contributed by atoms with Crippen molar-refractivity contribution in [2.75, 3.05) is 13.1 Å². The second-order valence-electron chi connectivity index (χ2n) is 3.12. The Morgan fingerprint density at radius 1 is 1.46 bits per heavy atom. The average molecular weight is 256 g/mol. The molecule has 0 bridgehead atoms. The van der Waals surface area contributed by atoms with E-state index in [4.69, 9.17) is 0 Å². The molecule has 7 heteroatoms. The molecule has 1 fully saturated rings. The maximum absolute atomic E-state index is 11.4. The predicted molar refractivity (Wildman–Crippen MR) is 66.3 cm³/mol. The van der Waals surface area contributed by atoms with Crippen molar-refractivity contribution in [2.24, 2.45) is 0 Å². The van der Waals surface area contributed by atoms with E-state index >= 15 is 0 Å². The lowest BCUT2D eigenvalue weighted by Gasteiger charge is -2.41. The van der Waals surface area contributed by atoms with Crippen molar-refractivity contribution in [3.63, 3.8) is 0 Å². The number of piperidine rings is 1. The van der Waals surface area contributed by atoms with Crippen molar-refractivity contribution in [1.82, 2.24) is 8.02 Å². The Balaban J connectivity index is 2.83. The van der Waals surface area contributed by atoms with E-state index in [1.165, 1.54) is 3.71 Å². The molecule has 0 radical (unpaired) electrons. The van der Waals surface area contributed by atoms with E-state index in [0.717, 1.165) is 19.4 Å². The SMILES string of the molecule is O=C(S)C1(N(S)S)CCCN(S)C1. The summed E-state index contributed by atoms with van der Waals surface area (Å²) < 4.78 is 3.13. The summed E-state index contributed by atoms with van der Waals surface area (Å²) in [6.45, 7) is 1.38. The molecule has 0 aromatic carbocycles. The third kappa shape index (κ3) is 2.51. The van der Waals surface area contributed by atoms with Crippen molar-refractivity contribution in [2.45, 2.75) is 18.4 Å². The van der Waals surface area contributed by atoms with Crippen LogP contribution in [-0.2, 0) is 4.79 Å². The summed E-state index contributed by atoms with van der Waals surface area (Å²) in [6.07, 6.45) is 1.62. The van der Waals surface area contributed by atoms with E-state index in [0.29, 0.717) is 6.54 Å². The zero-order valence-electron chi connectivity index (χ0n) is 6.92. The second-order valence-corrected chi connectivity index (χ2v) is 5.21. The highest BCUT2D eigenvalue weighted by molar-refractivity contribution is 7.97. The third-order valence-corrected chi connectivity index (χ3v) is 3.75. The number of carbonyl (C=O) groups is 1. The minimum absolute atomic E-state index is 0.212. The van der Waals surface area contributed by atoms with Gasteiger partial charge in [-0.3, -0.25) is 9.10 Å². The predicted octanol–water partition coefficient (Wildman–Crippen LogP) is 1.11. The number of rotatable bonds is 2. The molecule has 13 heavy (non-hydrogen) atoms. The maximum Gasteiger partial charge on any atom is 0.209 e. The molecule has 1 unspecified atom stereocenters. The smallest absolute Gasteiger partial charge is 0.209 e. The standard InChI is InChI=1S/C6H12N2OS4/c9-5(10)6(8(12)13)2-1-3-7(11)4-6/h11-13H,1-4H2,(H,9,10). The molecule has 1 heterocycles. The molecule has 76 valence electrons. The van der Waals surface area contributed by atoms with Crippen molar-refractivity contribution < 1.29 is 4.79 Å². The molecule has 1 rings (SSSR count). The summed E-state index contributed by atoms with van der Waals surface area (Å²) in [6, 6.07) is 0. The van der Waals surface area contributed by atoms with E-state index in [2.05, 4.69) is 51.1 Å². The first-order valence-electron chi connectivity index (χ1n) is 3.84. The fraction of sp³-hybridized carbons (Fsp3) is 0.833. The Hall–Kier alpha value is 0.990. The van der Waals surface area contributed by atoms with Gasteiger partial charge in [-0.2, -0.15) is 3.71 Å². The molecule has 0 aromatic heterocycles. The Kier molecular flexibility index (Phi) is 4.34. The fourth-order valence-corrected chi connectivity index (χ4v) is 2.76. The highest BCUT2D eigenvalue weighted by Gasteiger charge is 2.43. The van der Waals surface area contributed by atoms with Gasteiger partial charge in [-0.05, 0) is 12.8 Å². The van der Waals surface area contributed by atoms with Crippen LogP contribution in [0.5, 0.6) is 0 Å². The van der Waals surface area contributed by atoms with E-state index in [9.17, 15) is 4.79 Å². The lowest BCUT2D eigenvalue weighted by atomic mass is 9.93. The number of carbonyl (C=O) groups excluding carboxylic acids is 1. The van der Waals surface area contributed by atoms with Crippen LogP contribution in [0.3, 0.4) is 0 Å². The third-order valence-electron chi connectivity index (χ3n) is 2.23. The molecule has 3 nitrogen and oxygen atoms in total. The van der Waals surface area contributed by atoms with E-state index in [1.807, 2.05) is 0 Å². The number of nitrogens with zero attached hydrogens (tertiary/aromatic N) is 2. The van der Waals surface area contributed by atoms with Gasteiger partial charge in [-0.15, -0.1) is 12.6 Å². The van der Waals surface area contributed by atoms with Gasteiger partial charge in [0.05, 0.1) is 0 Å². The molecule has 0 N–H and O–H groups in total. The van der Waals surface area contributed by atoms with Crippen LogP contribution in [0, 0.1) is 0 Å². The van der Waals surface area contributed by atoms with Crippen LogP contribution in [0.2, 0.25) is 0 Å². The quantitative estimate of drug-likeness (QED) is 0.557. The van der Waals surface area contributed by atoms with Gasteiger partial charge in [-0.1, -0.05) is 38.4 Å². The second kappa shape index (κ2) is 4.67. The van der Waals surface area contributed by atoms with Crippen LogP contribution in [0.4, 0.5) is 0 Å². The largest absolute Gasteiger partial charge is 0.285 e. The van der Waals surface area contributed by atoms with Crippen LogP contribution in [0.1, 0.15) is 12.8 Å². The molecular weight excluding hydrogens is 244 g/mol. The normalized spacial score (nSPS) is 30.8. The fourth-order valence-electron chi connectivity index (χ4n) is 1.44. The van der Waals surface area contributed by atoms with Crippen LogP contribution in [0.25, 0.3) is 0 Å². The molecule has 1 aliphatic heterocycles. The van der Waals surface area contributed by atoms with Gasteiger partial charge in [0.1, 0.15) is 5.54 Å². The molecule has 0 spiro atoms. The molecular formula is C6H12N2OS4. The molecule has 1 atom stereocenters. The number of thiol groups is 4. The highest BCUT2D eigenvalue weighted by atomic mass is 32.2. The molecule has 0 aliphatic carbocycles. The van der Waals surface area contributed by atoms with E-state index in [1.54, 1.807) is 4.31 Å². The Labute approximate surface area is 100 Å². The lowest BCUT2D eigenvalue weighted by Crippen LogP contribution is -2.54. The minimum atomic E-state index is -0.713. The minimum Gasteiger partial charge on any atom is -0.285 e. The lowest BCUT2D eigenvalue weighted by molar-refractivity contribution is -0.118. The summed E-state index contributed by atoms with van der Waals surface area (Å²) in [5, 5.41) is -0.212. The Morgan fingerprint density at radius 3 is 2.38 bits per heavy atom. The van der Waals surface area contributed by atoms with Crippen LogP contribution < -0.4 is 0 Å². The first-order valence-corrected chi connectivity index (χ1v) is 5.49. The first kappa shape index (κ1) is 12.1. The van der Waals surface area contributed by atoms with E-state index in [-0.39, 0.29) is 5.12 Å².